The highest BCUT2D eigenvalue weighted by Crippen LogP contribution is 2.16. The van der Waals surface area contributed by atoms with Gasteiger partial charge in [-0.15, -0.1) is 0 Å². The van der Waals surface area contributed by atoms with Crippen molar-refractivity contribution in [2.75, 3.05) is 0 Å². The molecule has 0 saturated heterocycles. The zero-order chi connectivity index (χ0) is 16.2. The molecular weight excluding hydrogens is 291 g/mol. The van der Waals surface area contributed by atoms with E-state index in [-0.39, 0.29) is 11.7 Å². The minimum absolute atomic E-state index is 0.362. The van der Waals surface area contributed by atoms with Gasteiger partial charge in [-0.1, -0.05) is 36.4 Å². The lowest BCUT2D eigenvalue weighted by molar-refractivity contribution is 0.0955. The predicted octanol–water partition coefficient (Wildman–Crippen LogP) is 4.13. The molecule has 1 amide bonds. The van der Waals surface area contributed by atoms with Crippen LogP contribution in [0.15, 0.2) is 71.8 Å². The van der Waals surface area contributed by atoms with Crippen LogP contribution in [0.4, 0.5) is 4.39 Å². The summed E-state index contributed by atoms with van der Waals surface area (Å²) in [5.74, 6) is -0.748. The summed E-state index contributed by atoms with van der Waals surface area (Å²) in [6.07, 6.45) is 0. The molecule has 0 radical (unpaired) electrons. The molecule has 3 rings (SSSR count). The Hall–Kier alpha value is -3.01. The Kier molecular flexibility index (Phi) is 4.15. The molecule has 23 heavy (non-hydrogen) atoms. The number of amides is 1. The van der Waals surface area contributed by atoms with Crippen LogP contribution >= 0.6 is 0 Å². The third-order valence-corrected chi connectivity index (χ3v) is 3.60. The maximum absolute atomic E-state index is 12.9. The molecule has 0 heterocycles. The SMILES string of the molecule is C/C(=N/NC(=O)c1ccc(F)cc1)c1ccc2ccccc2c1. The minimum Gasteiger partial charge on any atom is -0.267 e. The first-order chi connectivity index (χ1) is 11.1. The third-order valence-electron chi connectivity index (χ3n) is 3.60. The number of rotatable bonds is 3. The Morgan fingerprint density at radius 1 is 0.913 bits per heavy atom. The Morgan fingerprint density at radius 2 is 1.57 bits per heavy atom. The molecule has 0 bridgehead atoms. The maximum Gasteiger partial charge on any atom is 0.271 e. The number of fused-ring (bicyclic) bond motifs is 1. The third kappa shape index (κ3) is 3.43. The molecule has 0 aromatic heterocycles. The Bertz CT molecular complexity index is 885. The van der Waals surface area contributed by atoms with Crippen LogP contribution in [0, 0.1) is 5.82 Å². The van der Waals surface area contributed by atoms with Crippen LogP contribution in [-0.4, -0.2) is 11.6 Å². The molecule has 0 atom stereocenters. The number of hydrazone groups is 1. The lowest BCUT2D eigenvalue weighted by atomic mass is 10.0. The van der Waals surface area contributed by atoms with E-state index in [0.29, 0.717) is 11.3 Å². The summed E-state index contributed by atoms with van der Waals surface area (Å²) in [5.41, 5.74) is 4.49. The maximum atomic E-state index is 12.9. The molecule has 1 N–H and O–H groups in total. The van der Waals surface area contributed by atoms with Crippen LogP contribution in [0.1, 0.15) is 22.8 Å². The van der Waals surface area contributed by atoms with E-state index in [4.69, 9.17) is 0 Å². The van der Waals surface area contributed by atoms with Gasteiger partial charge >= 0.3 is 0 Å². The highest BCUT2D eigenvalue weighted by atomic mass is 19.1. The van der Waals surface area contributed by atoms with Crippen molar-refractivity contribution >= 4 is 22.4 Å². The molecule has 0 saturated carbocycles. The van der Waals surface area contributed by atoms with Gasteiger partial charge in [0.2, 0.25) is 0 Å². The zero-order valence-corrected chi connectivity index (χ0v) is 12.6. The summed E-state index contributed by atoms with van der Waals surface area (Å²) in [6.45, 7) is 1.83. The van der Waals surface area contributed by atoms with Gasteiger partial charge in [-0.05, 0) is 53.6 Å². The molecule has 0 spiro atoms. The number of carbonyl (C=O) groups excluding carboxylic acids is 1. The smallest absolute Gasteiger partial charge is 0.267 e. The van der Waals surface area contributed by atoms with Gasteiger partial charge in [-0.3, -0.25) is 4.79 Å². The van der Waals surface area contributed by atoms with Crippen molar-refractivity contribution in [1.29, 1.82) is 0 Å². The fourth-order valence-electron chi connectivity index (χ4n) is 2.28. The molecule has 3 aromatic carbocycles. The molecule has 4 heteroatoms. The number of hydrogen-bond acceptors (Lipinski definition) is 2. The van der Waals surface area contributed by atoms with Crippen LogP contribution in [0.25, 0.3) is 10.8 Å². The van der Waals surface area contributed by atoms with Crippen molar-refractivity contribution in [2.24, 2.45) is 5.10 Å². The van der Waals surface area contributed by atoms with Crippen LogP contribution in [0.3, 0.4) is 0 Å². The second-order valence-corrected chi connectivity index (χ2v) is 5.21. The number of carbonyl (C=O) groups is 1. The highest BCUT2D eigenvalue weighted by molar-refractivity contribution is 6.03. The fourth-order valence-corrected chi connectivity index (χ4v) is 2.28. The monoisotopic (exact) mass is 306 g/mol. The van der Waals surface area contributed by atoms with Crippen molar-refractivity contribution in [1.82, 2.24) is 5.43 Å². The van der Waals surface area contributed by atoms with Crippen molar-refractivity contribution in [3.05, 3.63) is 83.7 Å². The zero-order valence-electron chi connectivity index (χ0n) is 12.6. The van der Waals surface area contributed by atoms with Gasteiger partial charge < -0.3 is 0 Å². The van der Waals surface area contributed by atoms with Crippen molar-refractivity contribution in [3.8, 4) is 0 Å². The quantitative estimate of drug-likeness (QED) is 0.573. The second-order valence-electron chi connectivity index (χ2n) is 5.21. The van der Waals surface area contributed by atoms with Gasteiger partial charge in [-0.25, -0.2) is 9.82 Å². The molecule has 0 aliphatic heterocycles. The van der Waals surface area contributed by atoms with E-state index in [9.17, 15) is 9.18 Å². The lowest BCUT2D eigenvalue weighted by Crippen LogP contribution is -2.19. The van der Waals surface area contributed by atoms with Crippen LogP contribution in [0.2, 0.25) is 0 Å². The first kappa shape index (κ1) is 14.9. The summed E-state index contributed by atoms with van der Waals surface area (Å²) in [7, 11) is 0. The molecule has 0 fully saturated rings. The summed E-state index contributed by atoms with van der Waals surface area (Å²) in [5, 5.41) is 6.39. The average molecular weight is 306 g/mol. The first-order valence-corrected chi connectivity index (χ1v) is 7.23. The summed E-state index contributed by atoms with van der Waals surface area (Å²) < 4.78 is 12.9. The molecule has 3 aromatic rings. The van der Waals surface area contributed by atoms with E-state index in [0.717, 1.165) is 16.3 Å². The van der Waals surface area contributed by atoms with Crippen LogP contribution < -0.4 is 5.43 Å². The predicted molar refractivity (Wildman–Crippen MR) is 90.0 cm³/mol. The molecule has 0 unspecified atom stereocenters. The Balaban J connectivity index is 1.78. The molecule has 3 nitrogen and oxygen atoms in total. The standard InChI is InChI=1S/C19H15FN2O/c1-13(16-7-6-14-4-2-3-5-17(14)12-16)21-22-19(23)15-8-10-18(20)11-9-15/h2-12H,1H3,(H,22,23)/b21-13-. The van der Waals surface area contributed by atoms with Gasteiger partial charge in [0.15, 0.2) is 0 Å². The van der Waals surface area contributed by atoms with E-state index in [1.165, 1.54) is 24.3 Å². The minimum atomic E-state index is -0.377. The number of benzene rings is 3. The second kappa shape index (κ2) is 6.40. The molecule has 0 aliphatic carbocycles. The molecule has 114 valence electrons. The van der Waals surface area contributed by atoms with E-state index in [2.05, 4.69) is 10.5 Å². The van der Waals surface area contributed by atoms with E-state index in [1.807, 2.05) is 49.4 Å². The highest BCUT2D eigenvalue weighted by Gasteiger charge is 2.05. The normalized spacial score (nSPS) is 11.5. The fraction of sp³-hybridized carbons (Fsp3) is 0.0526. The van der Waals surface area contributed by atoms with Gasteiger partial charge in [0, 0.05) is 5.56 Å². The number of nitrogens with zero attached hydrogens (tertiary/aromatic N) is 1. The summed E-state index contributed by atoms with van der Waals surface area (Å²) in [6, 6.07) is 19.4. The Labute approximate surface area is 133 Å². The first-order valence-electron chi connectivity index (χ1n) is 7.23. The van der Waals surface area contributed by atoms with Gasteiger partial charge in [0.1, 0.15) is 5.82 Å². The van der Waals surface area contributed by atoms with Crippen molar-refractivity contribution in [3.63, 3.8) is 0 Å². The topological polar surface area (TPSA) is 41.5 Å². The van der Waals surface area contributed by atoms with E-state index < -0.39 is 0 Å². The van der Waals surface area contributed by atoms with E-state index >= 15 is 0 Å². The van der Waals surface area contributed by atoms with Crippen molar-refractivity contribution < 1.29 is 9.18 Å². The van der Waals surface area contributed by atoms with Crippen LogP contribution in [-0.2, 0) is 0 Å². The average Bonchev–Trinajstić information content (AvgIpc) is 2.59. The van der Waals surface area contributed by atoms with Crippen molar-refractivity contribution in [2.45, 2.75) is 6.92 Å². The number of nitrogens with one attached hydrogen (secondary N) is 1. The van der Waals surface area contributed by atoms with Gasteiger partial charge in [-0.2, -0.15) is 5.10 Å². The largest absolute Gasteiger partial charge is 0.271 e. The Morgan fingerprint density at radius 3 is 2.30 bits per heavy atom. The lowest BCUT2D eigenvalue weighted by Gasteiger charge is -2.05. The van der Waals surface area contributed by atoms with Crippen LogP contribution in [0.5, 0.6) is 0 Å². The summed E-state index contributed by atoms with van der Waals surface area (Å²) in [4.78, 5) is 12.0. The molecule has 0 aliphatic rings. The van der Waals surface area contributed by atoms with E-state index in [1.54, 1.807) is 0 Å². The number of hydrogen-bond donors (Lipinski definition) is 1. The molecular formula is C19H15FN2O. The number of halogens is 1. The van der Waals surface area contributed by atoms with Gasteiger partial charge in [0.05, 0.1) is 5.71 Å². The van der Waals surface area contributed by atoms with Gasteiger partial charge in [0.25, 0.3) is 5.91 Å². The summed E-state index contributed by atoms with van der Waals surface area (Å²) >= 11 is 0.